The molecular weight excluding hydrogens is 415 g/mol. The monoisotopic (exact) mass is 432 g/mol. The van der Waals surface area contributed by atoms with Gasteiger partial charge in [-0.15, -0.1) is 0 Å². The van der Waals surface area contributed by atoms with Crippen molar-refractivity contribution in [2.45, 2.75) is 18.3 Å². The number of fused-ring (bicyclic) bond motifs is 2. The van der Waals surface area contributed by atoms with Crippen LogP contribution in [0.5, 0.6) is 5.75 Å². The number of rotatable bonds is 3. The normalized spacial score (nSPS) is 17.6. The third-order valence-corrected chi connectivity index (χ3v) is 5.99. The van der Waals surface area contributed by atoms with Crippen LogP contribution >= 0.6 is 15.9 Å². The number of nitrogens with one attached hydrogen (secondary N) is 1. The van der Waals surface area contributed by atoms with Crippen LogP contribution in [0.1, 0.15) is 18.4 Å². The third-order valence-electron chi connectivity index (χ3n) is 5.34. The Kier molecular flexibility index (Phi) is 4.63. The molecule has 1 saturated heterocycles. The molecule has 1 N–H and O–H groups in total. The number of halogens is 2. The molecule has 4 rings (SSSR count). The van der Waals surface area contributed by atoms with E-state index in [1.165, 1.54) is 18.2 Å². The third kappa shape index (κ3) is 3.20. The van der Waals surface area contributed by atoms with Gasteiger partial charge in [-0.1, -0.05) is 18.2 Å². The number of likely N-dealkylation sites (tertiary alicyclic amines) is 1. The Morgan fingerprint density at radius 2 is 1.96 bits per heavy atom. The zero-order chi connectivity index (χ0) is 19.0. The summed E-state index contributed by atoms with van der Waals surface area (Å²) in [6.07, 6.45) is 1.15. The van der Waals surface area contributed by atoms with E-state index in [0.29, 0.717) is 36.2 Å². The second kappa shape index (κ2) is 6.96. The summed E-state index contributed by atoms with van der Waals surface area (Å²) in [6.45, 7) is 0.792. The summed E-state index contributed by atoms with van der Waals surface area (Å²) in [5.41, 5.74) is 1.32. The predicted molar refractivity (Wildman–Crippen MR) is 102 cm³/mol. The molecule has 2 aliphatic heterocycles. The van der Waals surface area contributed by atoms with Gasteiger partial charge in [0.2, 0.25) is 5.91 Å². The van der Waals surface area contributed by atoms with Crippen molar-refractivity contribution >= 4 is 33.4 Å². The molecule has 5 nitrogen and oxygen atoms in total. The van der Waals surface area contributed by atoms with E-state index >= 15 is 0 Å². The van der Waals surface area contributed by atoms with Gasteiger partial charge in [-0.2, -0.15) is 0 Å². The van der Waals surface area contributed by atoms with E-state index in [9.17, 15) is 14.0 Å². The summed E-state index contributed by atoms with van der Waals surface area (Å²) < 4.78 is 19.4. The molecule has 140 valence electrons. The summed E-state index contributed by atoms with van der Waals surface area (Å²) in [5.74, 6) is -0.296. The predicted octanol–water partition coefficient (Wildman–Crippen LogP) is 3.48. The van der Waals surface area contributed by atoms with Crippen LogP contribution in [0.25, 0.3) is 0 Å². The fourth-order valence-electron chi connectivity index (χ4n) is 3.83. The fourth-order valence-corrected chi connectivity index (χ4v) is 4.19. The Morgan fingerprint density at radius 1 is 1.22 bits per heavy atom. The molecule has 0 radical (unpaired) electrons. The van der Waals surface area contributed by atoms with Crippen LogP contribution in [0.15, 0.2) is 46.9 Å². The average molecular weight is 433 g/mol. The molecule has 27 heavy (non-hydrogen) atoms. The fraction of sp³-hybridized carbons (Fsp3) is 0.300. The highest BCUT2D eigenvalue weighted by Crippen LogP contribution is 2.44. The van der Waals surface area contributed by atoms with Crippen LogP contribution in [-0.2, 0) is 15.0 Å². The first kappa shape index (κ1) is 18.0. The highest BCUT2D eigenvalue weighted by molar-refractivity contribution is 9.10. The molecule has 2 amide bonds. The highest BCUT2D eigenvalue weighted by Gasteiger charge is 2.48. The van der Waals surface area contributed by atoms with Crippen molar-refractivity contribution in [3.8, 4) is 5.75 Å². The van der Waals surface area contributed by atoms with Crippen LogP contribution in [0.2, 0.25) is 0 Å². The van der Waals surface area contributed by atoms with Gasteiger partial charge in [-0.25, -0.2) is 4.39 Å². The molecule has 1 fully saturated rings. The lowest BCUT2D eigenvalue weighted by atomic mass is 9.73. The number of amides is 2. The second-order valence-electron chi connectivity index (χ2n) is 6.83. The topological polar surface area (TPSA) is 58.6 Å². The molecule has 0 aromatic heterocycles. The van der Waals surface area contributed by atoms with Gasteiger partial charge in [0.1, 0.15) is 11.6 Å². The van der Waals surface area contributed by atoms with E-state index in [2.05, 4.69) is 21.2 Å². The average Bonchev–Trinajstić information content (AvgIpc) is 2.94. The molecular formula is C20H18BrFN2O3. The van der Waals surface area contributed by atoms with Crippen molar-refractivity contribution in [2.75, 3.05) is 25.0 Å². The largest absolute Gasteiger partial charge is 0.482 e. The minimum atomic E-state index is -0.556. The van der Waals surface area contributed by atoms with E-state index in [1.807, 2.05) is 24.3 Å². The smallest absolute Gasteiger partial charge is 0.260 e. The zero-order valence-corrected chi connectivity index (χ0v) is 16.1. The van der Waals surface area contributed by atoms with Gasteiger partial charge in [-0.05, 0) is 52.5 Å². The second-order valence-corrected chi connectivity index (χ2v) is 7.68. The maximum atomic E-state index is 13.3. The van der Waals surface area contributed by atoms with Gasteiger partial charge < -0.3 is 15.0 Å². The van der Waals surface area contributed by atoms with Gasteiger partial charge in [0.25, 0.3) is 5.91 Å². The Hall–Kier alpha value is -2.41. The molecule has 0 bridgehead atoms. The van der Waals surface area contributed by atoms with Crippen molar-refractivity contribution in [3.05, 3.63) is 58.3 Å². The number of hydrogen-bond acceptors (Lipinski definition) is 3. The van der Waals surface area contributed by atoms with Crippen LogP contribution in [0.4, 0.5) is 10.1 Å². The number of carbonyl (C=O) groups is 2. The van der Waals surface area contributed by atoms with Crippen LogP contribution in [0, 0.1) is 5.82 Å². The summed E-state index contributed by atoms with van der Waals surface area (Å²) >= 11 is 3.28. The first-order valence-electron chi connectivity index (χ1n) is 8.76. The van der Waals surface area contributed by atoms with Gasteiger partial charge >= 0.3 is 0 Å². The molecule has 1 spiro atoms. The summed E-state index contributed by atoms with van der Waals surface area (Å²) in [4.78, 5) is 26.8. The van der Waals surface area contributed by atoms with E-state index in [4.69, 9.17) is 4.74 Å². The van der Waals surface area contributed by atoms with Gasteiger partial charge in [0.15, 0.2) is 6.61 Å². The van der Waals surface area contributed by atoms with Gasteiger partial charge in [-0.3, -0.25) is 9.59 Å². The summed E-state index contributed by atoms with van der Waals surface area (Å²) in [6, 6.07) is 11.8. The number of anilines is 1. The lowest BCUT2D eigenvalue weighted by Crippen LogP contribution is -2.49. The summed E-state index contributed by atoms with van der Waals surface area (Å²) in [7, 11) is 0. The molecule has 0 saturated carbocycles. The van der Waals surface area contributed by atoms with E-state index in [1.54, 1.807) is 4.90 Å². The van der Waals surface area contributed by atoms with Crippen molar-refractivity contribution < 1.29 is 18.7 Å². The van der Waals surface area contributed by atoms with Crippen molar-refractivity contribution in [1.29, 1.82) is 0 Å². The number of hydrogen-bond donors (Lipinski definition) is 1. The molecule has 2 aromatic carbocycles. The van der Waals surface area contributed by atoms with Crippen LogP contribution in [-0.4, -0.2) is 36.4 Å². The van der Waals surface area contributed by atoms with Gasteiger partial charge in [0.05, 0.1) is 9.89 Å². The molecule has 0 unspecified atom stereocenters. The number of piperidine rings is 1. The number of nitrogens with zero attached hydrogens (tertiary/aromatic N) is 1. The van der Waals surface area contributed by atoms with E-state index in [-0.39, 0.29) is 18.4 Å². The first-order chi connectivity index (χ1) is 13.0. The van der Waals surface area contributed by atoms with Crippen LogP contribution < -0.4 is 10.1 Å². The van der Waals surface area contributed by atoms with Crippen LogP contribution in [0.3, 0.4) is 0 Å². The quantitative estimate of drug-likeness (QED) is 0.807. The molecule has 7 heteroatoms. The Labute approximate surface area is 164 Å². The molecule has 2 aliphatic rings. The number of para-hydroxylation sites is 1. The SMILES string of the molecule is O=C(COc1cc(F)ccc1Br)N1CCC2(CC1)C(=O)Nc1ccccc12. The number of benzene rings is 2. The number of carbonyl (C=O) groups excluding carboxylic acids is 2. The van der Waals surface area contributed by atoms with Gasteiger partial charge in [0, 0.05) is 24.8 Å². The van der Waals surface area contributed by atoms with E-state index in [0.717, 1.165) is 11.3 Å². The zero-order valence-electron chi connectivity index (χ0n) is 14.5. The lowest BCUT2D eigenvalue weighted by molar-refractivity contribution is -0.137. The van der Waals surface area contributed by atoms with E-state index < -0.39 is 11.2 Å². The standard InChI is InChI=1S/C20H18BrFN2O3/c21-15-6-5-13(22)11-17(15)27-12-18(25)24-9-7-20(8-10-24)14-3-1-2-4-16(14)23-19(20)26/h1-6,11H,7-10,12H2,(H,23,26). The molecule has 0 aliphatic carbocycles. The maximum Gasteiger partial charge on any atom is 0.260 e. The molecule has 2 heterocycles. The van der Waals surface area contributed by atoms with Crippen molar-refractivity contribution in [3.63, 3.8) is 0 Å². The Morgan fingerprint density at radius 3 is 2.74 bits per heavy atom. The Balaban J connectivity index is 1.40. The minimum Gasteiger partial charge on any atom is -0.482 e. The molecule has 0 atom stereocenters. The van der Waals surface area contributed by atoms with Crippen molar-refractivity contribution in [2.24, 2.45) is 0 Å². The lowest BCUT2D eigenvalue weighted by Gasteiger charge is -2.37. The first-order valence-corrected chi connectivity index (χ1v) is 9.55. The maximum absolute atomic E-state index is 13.3. The summed E-state index contributed by atoms with van der Waals surface area (Å²) in [5, 5.41) is 2.95. The highest BCUT2D eigenvalue weighted by atomic mass is 79.9. The minimum absolute atomic E-state index is 0.00994. The molecule has 2 aromatic rings. The van der Waals surface area contributed by atoms with Crippen molar-refractivity contribution in [1.82, 2.24) is 4.90 Å². The number of ether oxygens (including phenoxy) is 1. The Bertz CT molecular complexity index is 910.